The summed E-state index contributed by atoms with van der Waals surface area (Å²) in [6.07, 6.45) is 1.71. The highest BCUT2D eigenvalue weighted by molar-refractivity contribution is 9.10. The van der Waals surface area contributed by atoms with Crippen LogP contribution < -0.4 is 10.5 Å². The van der Waals surface area contributed by atoms with Crippen LogP contribution in [0.5, 0.6) is 5.75 Å². The van der Waals surface area contributed by atoms with Crippen LogP contribution in [-0.2, 0) is 9.53 Å². The summed E-state index contributed by atoms with van der Waals surface area (Å²) >= 11 is 3.38. The maximum Gasteiger partial charge on any atom is 0.239 e. The number of hydrogen-bond acceptors (Lipinski definition) is 4. The molecule has 22 heavy (non-hydrogen) atoms. The van der Waals surface area contributed by atoms with E-state index in [1.54, 1.807) is 11.9 Å². The number of carbonyl (C=O) groups excluding carboxylic acids is 1. The number of rotatable bonds is 6. The van der Waals surface area contributed by atoms with E-state index < -0.39 is 6.04 Å². The third kappa shape index (κ3) is 4.97. The van der Waals surface area contributed by atoms with Crippen molar-refractivity contribution in [1.29, 1.82) is 0 Å². The zero-order chi connectivity index (χ0) is 15.9. The van der Waals surface area contributed by atoms with Crippen molar-refractivity contribution in [3.63, 3.8) is 0 Å². The van der Waals surface area contributed by atoms with Crippen LogP contribution in [0, 0.1) is 5.92 Å². The second kappa shape index (κ2) is 8.50. The van der Waals surface area contributed by atoms with Gasteiger partial charge in [0.15, 0.2) is 0 Å². The zero-order valence-electron chi connectivity index (χ0n) is 12.8. The molecule has 2 rings (SSSR count). The molecule has 0 spiro atoms. The Hall–Kier alpha value is -1.11. The molecule has 1 amide bonds. The van der Waals surface area contributed by atoms with Gasteiger partial charge in [-0.1, -0.05) is 15.9 Å². The Morgan fingerprint density at radius 1 is 1.41 bits per heavy atom. The van der Waals surface area contributed by atoms with E-state index in [0.717, 1.165) is 23.1 Å². The molecule has 6 heteroatoms. The summed E-state index contributed by atoms with van der Waals surface area (Å²) in [7, 11) is 1.77. The second-order valence-electron chi connectivity index (χ2n) is 5.54. The standard InChI is InChI=1S/C16H23BrN2O3/c1-19(8-11-22-14-4-2-13(17)3-5-14)16(20)15(18)12-6-9-21-10-7-12/h2-5,12,15H,6-11,18H2,1H3. The number of hydrogen-bond donors (Lipinski definition) is 1. The Morgan fingerprint density at radius 3 is 2.68 bits per heavy atom. The quantitative estimate of drug-likeness (QED) is 0.831. The van der Waals surface area contributed by atoms with E-state index in [1.165, 1.54) is 0 Å². The lowest BCUT2D eigenvalue weighted by atomic mass is 9.91. The molecular weight excluding hydrogens is 348 g/mol. The van der Waals surface area contributed by atoms with E-state index >= 15 is 0 Å². The Labute approximate surface area is 139 Å². The number of nitrogens with zero attached hydrogens (tertiary/aromatic N) is 1. The van der Waals surface area contributed by atoms with Gasteiger partial charge >= 0.3 is 0 Å². The summed E-state index contributed by atoms with van der Waals surface area (Å²) in [5.74, 6) is 0.986. The predicted molar refractivity (Wildman–Crippen MR) is 88.8 cm³/mol. The zero-order valence-corrected chi connectivity index (χ0v) is 14.4. The first kappa shape index (κ1) is 17.2. The number of amides is 1. The van der Waals surface area contributed by atoms with Gasteiger partial charge in [-0.05, 0) is 43.0 Å². The highest BCUT2D eigenvalue weighted by Crippen LogP contribution is 2.19. The fourth-order valence-electron chi connectivity index (χ4n) is 2.47. The highest BCUT2D eigenvalue weighted by Gasteiger charge is 2.28. The van der Waals surface area contributed by atoms with Gasteiger partial charge in [-0.25, -0.2) is 0 Å². The lowest BCUT2D eigenvalue weighted by molar-refractivity contribution is -0.133. The molecule has 122 valence electrons. The Morgan fingerprint density at radius 2 is 2.05 bits per heavy atom. The number of ether oxygens (including phenoxy) is 2. The molecule has 1 unspecified atom stereocenters. The van der Waals surface area contributed by atoms with Gasteiger partial charge in [0, 0.05) is 24.7 Å². The first-order chi connectivity index (χ1) is 10.6. The molecule has 0 saturated carbocycles. The molecule has 2 N–H and O–H groups in total. The maximum absolute atomic E-state index is 12.3. The molecule has 1 heterocycles. The highest BCUT2D eigenvalue weighted by atomic mass is 79.9. The SMILES string of the molecule is CN(CCOc1ccc(Br)cc1)C(=O)C(N)C1CCOCC1. The van der Waals surface area contributed by atoms with E-state index in [0.29, 0.717) is 26.4 Å². The topological polar surface area (TPSA) is 64.8 Å². The van der Waals surface area contributed by atoms with Crippen LogP contribution in [0.2, 0.25) is 0 Å². The normalized spacial score (nSPS) is 17.0. The van der Waals surface area contributed by atoms with Crippen LogP contribution in [0.3, 0.4) is 0 Å². The number of halogens is 1. The minimum atomic E-state index is -0.443. The van der Waals surface area contributed by atoms with Crippen LogP contribution in [0.4, 0.5) is 0 Å². The van der Waals surface area contributed by atoms with Gasteiger partial charge in [-0.15, -0.1) is 0 Å². The third-order valence-corrected chi connectivity index (χ3v) is 4.47. The average molecular weight is 371 g/mol. The third-order valence-electron chi connectivity index (χ3n) is 3.94. The number of nitrogens with two attached hydrogens (primary N) is 1. The van der Waals surface area contributed by atoms with E-state index in [9.17, 15) is 4.79 Å². The van der Waals surface area contributed by atoms with E-state index in [2.05, 4.69) is 15.9 Å². The molecule has 0 aromatic heterocycles. The average Bonchev–Trinajstić information content (AvgIpc) is 2.56. The molecule has 1 aliphatic rings. The predicted octanol–water partition coefficient (Wildman–Crippen LogP) is 2.04. The Bertz CT molecular complexity index is 475. The van der Waals surface area contributed by atoms with Gasteiger partial charge in [0.1, 0.15) is 12.4 Å². The summed E-state index contributed by atoms with van der Waals surface area (Å²) in [5.41, 5.74) is 6.10. The number of carbonyl (C=O) groups is 1. The Balaban J connectivity index is 1.74. The molecule has 0 bridgehead atoms. The Kier molecular flexibility index (Phi) is 6.67. The fraction of sp³-hybridized carbons (Fsp3) is 0.562. The van der Waals surface area contributed by atoms with Crippen LogP contribution >= 0.6 is 15.9 Å². The number of likely N-dealkylation sites (N-methyl/N-ethyl adjacent to an activating group) is 1. The number of benzene rings is 1. The van der Waals surface area contributed by atoms with Gasteiger partial charge < -0.3 is 20.1 Å². The minimum absolute atomic E-state index is 0.0219. The van der Waals surface area contributed by atoms with Crippen molar-refractivity contribution >= 4 is 21.8 Å². The molecule has 0 radical (unpaired) electrons. The molecule has 1 fully saturated rings. The monoisotopic (exact) mass is 370 g/mol. The van der Waals surface area contributed by atoms with Crippen molar-refractivity contribution in [1.82, 2.24) is 4.90 Å². The van der Waals surface area contributed by atoms with Gasteiger partial charge in [0.05, 0.1) is 12.6 Å². The molecule has 0 aliphatic carbocycles. The van der Waals surface area contributed by atoms with Gasteiger partial charge in [0.2, 0.25) is 5.91 Å². The largest absolute Gasteiger partial charge is 0.492 e. The van der Waals surface area contributed by atoms with Gasteiger partial charge in [0.25, 0.3) is 0 Å². The van der Waals surface area contributed by atoms with Crippen molar-refractivity contribution in [2.45, 2.75) is 18.9 Å². The summed E-state index contributed by atoms with van der Waals surface area (Å²) in [6.45, 7) is 2.36. The summed E-state index contributed by atoms with van der Waals surface area (Å²) in [4.78, 5) is 14.0. The van der Waals surface area contributed by atoms with Crippen molar-refractivity contribution in [3.05, 3.63) is 28.7 Å². The van der Waals surface area contributed by atoms with E-state index in [1.807, 2.05) is 24.3 Å². The maximum atomic E-state index is 12.3. The van der Waals surface area contributed by atoms with E-state index in [4.69, 9.17) is 15.2 Å². The van der Waals surface area contributed by atoms with Crippen molar-refractivity contribution in [2.75, 3.05) is 33.4 Å². The van der Waals surface area contributed by atoms with Gasteiger partial charge in [-0.3, -0.25) is 4.79 Å². The fourth-order valence-corrected chi connectivity index (χ4v) is 2.74. The molecule has 1 aliphatic heterocycles. The molecule has 1 atom stereocenters. The molecule has 1 saturated heterocycles. The minimum Gasteiger partial charge on any atom is -0.492 e. The first-order valence-electron chi connectivity index (χ1n) is 7.54. The summed E-state index contributed by atoms with van der Waals surface area (Å²) in [6, 6.07) is 7.18. The first-order valence-corrected chi connectivity index (χ1v) is 8.34. The molecule has 1 aromatic carbocycles. The second-order valence-corrected chi connectivity index (χ2v) is 6.45. The summed E-state index contributed by atoms with van der Waals surface area (Å²) < 4.78 is 11.9. The van der Waals surface area contributed by atoms with Crippen molar-refractivity contribution < 1.29 is 14.3 Å². The van der Waals surface area contributed by atoms with E-state index in [-0.39, 0.29) is 11.8 Å². The van der Waals surface area contributed by atoms with Crippen LogP contribution in [0.15, 0.2) is 28.7 Å². The molecule has 5 nitrogen and oxygen atoms in total. The van der Waals surface area contributed by atoms with Crippen LogP contribution in [0.25, 0.3) is 0 Å². The van der Waals surface area contributed by atoms with Crippen molar-refractivity contribution in [3.8, 4) is 5.75 Å². The van der Waals surface area contributed by atoms with Gasteiger partial charge in [-0.2, -0.15) is 0 Å². The summed E-state index contributed by atoms with van der Waals surface area (Å²) in [5, 5.41) is 0. The molecular formula is C16H23BrN2O3. The van der Waals surface area contributed by atoms with Crippen LogP contribution in [0.1, 0.15) is 12.8 Å². The van der Waals surface area contributed by atoms with Crippen LogP contribution in [-0.4, -0.2) is 50.3 Å². The lowest BCUT2D eigenvalue weighted by Crippen LogP contribution is -2.48. The lowest BCUT2D eigenvalue weighted by Gasteiger charge is -2.29. The van der Waals surface area contributed by atoms with Crippen molar-refractivity contribution in [2.24, 2.45) is 11.7 Å². The smallest absolute Gasteiger partial charge is 0.239 e. The molecule has 1 aromatic rings.